The Balaban J connectivity index is 1.56. The summed E-state index contributed by atoms with van der Waals surface area (Å²) >= 11 is 0. The van der Waals surface area contributed by atoms with Crippen molar-refractivity contribution in [3.05, 3.63) is 100 Å². The molecule has 3 aliphatic carbocycles. The van der Waals surface area contributed by atoms with E-state index in [0.717, 1.165) is 6.42 Å². The molecule has 3 aromatic carbocycles. The SMILES string of the molecule is CCC(CC)C1=CC2(CC(C(CC)CC)=C1)c1cc3ccccc3c3c1-c1c4c(cc(C(C)(C)C)cc4cc[n+]12)C31CCCC1. The average molecular weight is 595 g/mol. The number of pyridine rings is 1. The number of hydrogen-bond donors (Lipinski definition) is 0. The maximum atomic E-state index is 2.78. The molecule has 2 heterocycles. The first-order valence-corrected chi connectivity index (χ1v) is 18.2. The molecule has 1 aliphatic heterocycles. The van der Waals surface area contributed by atoms with Crippen molar-refractivity contribution in [2.75, 3.05) is 0 Å². The summed E-state index contributed by atoms with van der Waals surface area (Å²) in [6.45, 7) is 16.7. The second kappa shape index (κ2) is 10.2. The summed E-state index contributed by atoms with van der Waals surface area (Å²) in [5, 5.41) is 5.89. The molecule has 232 valence electrons. The molecule has 1 saturated carbocycles. The van der Waals surface area contributed by atoms with Gasteiger partial charge in [-0.3, -0.25) is 0 Å². The van der Waals surface area contributed by atoms with E-state index in [2.05, 4.69) is 120 Å². The summed E-state index contributed by atoms with van der Waals surface area (Å²) in [6.07, 6.45) is 18.9. The van der Waals surface area contributed by atoms with Crippen LogP contribution < -0.4 is 4.57 Å². The highest BCUT2D eigenvalue weighted by Crippen LogP contribution is 2.62. The van der Waals surface area contributed by atoms with Gasteiger partial charge in [-0.15, -0.1) is 0 Å². The number of nitrogens with zero attached hydrogens (tertiary/aromatic N) is 1. The zero-order valence-corrected chi connectivity index (χ0v) is 28.8. The second-order valence-corrected chi connectivity index (χ2v) is 15.9. The average Bonchev–Trinajstić information content (AvgIpc) is 3.62. The van der Waals surface area contributed by atoms with E-state index >= 15 is 0 Å². The third-order valence-electron chi connectivity index (χ3n) is 12.7. The first-order chi connectivity index (χ1) is 21.7. The second-order valence-electron chi connectivity index (χ2n) is 15.9. The highest BCUT2D eigenvalue weighted by Gasteiger charge is 2.58. The van der Waals surface area contributed by atoms with Crippen LogP contribution in [0.25, 0.3) is 32.8 Å². The standard InChI is InChI=1S/C44H52N/c1-8-28(9-2)32-22-33(29(10-3)11-4)27-44(26-32)37-24-30-16-12-13-17-35(30)40-39(37)41-38-31(18-21-45(41)44)23-34(42(5,6)7)25-36(38)43(40)19-14-15-20-43/h12-13,16-18,21-26,28-29H,8-11,14-15,19-20,27H2,1-7H3/q+1. The van der Waals surface area contributed by atoms with Gasteiger partial charge in [0.1, 0.15) is 0 Å². The summed E-state index contributed by atoms with van der Waals surface area (Å²) in [5.74, 6) is 1.22. The van der Waals surface area contributed by atoms with Crippen molar-refractivity contribution < 1.29 is 4.57 Å². The number of rotatable bonds is 6. The van der Waals surface area contributed by atoms with Gasteiger partial charge in [0.25, 0.3) is 0 Å². The third-order valence-corrected chi connectivity index (χ3v) is 12.7. The molecule has 1 fully saturated rings. The molecule has 0 bridgehead atoms. The number of aromatic nitrogens is 1. The summed E-state index contributed by atoms with van der Waals surface area (Å²) in [4.78, 5) is 0. The van der Waals surface area contributed by atoms with Crippen LogP contribution in [-0.2, 0) is 16.4 Å². The molecule has 4 aromatic rings. The largest absolute Gasteiger partial charge is 0.222 e. The molecule has 1 heteroatoms. The van der Waals surface area contributed by atoms with Crippen LogP contribution >= 0.6 is 0 Å². The summed E-state index contributed by atoms with van der Waals surface area (Å²) in [6, 6.07) is 19.7. The van der Waals surface area contributed by atoms with Gasteiger partial charge in [0.05, 0.1) is 10.9 Å². The molecule has 45 heavy (non-hydrogen) atoms. The lowest BCUT2D eigenvalue weighted by Gasteiger charge is -2.38. The van der Waals surface area contributed by atoms with Crippen LogP contribution in [0.1, 0.15) is 129 Å². The van der Waals surface area contributed by atoms with E-state index in [4.69, 9.17) is 0 Å². The van der Waals surface area contributed by atoms with Gasteiger partial charge in [0.2, 0.25) is 11.2 Å². The molecule has 1 aromatic heterocycles. The minimum absolute atomic E-state index is 0.0762. The first kappa shape index (κ1) is 29.2. The highest BCUT2D eigenvalue weighted by atomic mass is 15.1. The fourth-order valence-corrected chi connectivity index (χ4v) is 10.3. The maximum absolute atomic E-state index is 2.78. The first-order valence-electron chi connectivity index (χ1n) is 18.2. The van der Waals surface area contributed by atoms with Crippen molar-refractivity contribution in [3.8, 4) is 11.3 Å². The highest BCUT2D eigenvalue weighted by molar-refractivity contribution is 6.07. The zero-order chi connectivity index (χ0) is 31.3. The Kier molecular flexibility index (Phi) is 6.60. The number of benzene rings is 3. The molecule has 1 unspecified atom stereocenters. The molecule has 0 radical (unpaired) electrons. The molecule has 2 spiro atoms. The number of allylic oxidation sites excluding steroid dienone is 4. The predicted octanol–water partition coefficient (Wildman–Crippen LogP) is 11.6. The molecular weight excluding hydrogens is 542 g/mol. The molecule has 1 atom stereocenters. The Labute approximate surface area is 271 Å². The Morgan fingerprint density at radius 1 is 0.800 bits per heavy atom. The predicted molar refractivity (Wildman–Crippen MR) is 191 cm³/mol. The lowest BCUT2D eigenvalue weighted by atomic mass is 9.63. The van der Waals surface area contributed by atoms with Gasteiger partial charge in [-0.25, -0.2) is 0 Å². The van der Waals surface area contributed by atoms with E-state index in [9.17, 15) is 0 Å². The van der Waals surface area contributed by atoms with Crippen molar-refractivity contribution >= 4 is 21.5 Å². The zero-order valence-electron chi connectivity index (χ0n) is 28.8. The summed E-state index contributed by atoms with van der Waals surface area (Å²) in [7, 11) is 0. The number of hydrogen-bond acceptors (Lipinski definition) is 0. The quantitative estimate of drug-likeness (QED) is 0.196. The smallest absolute Gasteiger partial charge is 0.184 e. The van der Waals surface area contributed by atoms with Gasteiger partial charge in [-0.1, -0.05) is 109 Å². The van der Waals surface area contributed by atoms with Crippen molar-refractivity contribution in [1.29, 1.82) is 0 Å². The van der Waals surface area contributed by atoms with Crippen LogP contribution in [0, 0.1) is 11.8 Å². The Bertz CT molecular complexity index is 1910. The Hall–Kier alpha value is -3.19. The fraction of sp³-hybridized carbons (Fsp3) is 0.477. The summed E-state index contributed by atoms with van der Waals surface area (Å²) < 4.78 is 2.78. The van der Waals surface area contributed by atoms with E-state index in [1.807, 2.05) is 0 Å². The van der Waals surface area contributed by atoms with Crippen molar-refractivity contribution in [1.82, 2.24) is 0 Å². The van der Waals surface area contributed by atoms with E-state index in [0.29, 0.717) is 11.8 Å². The van der Waals surface area contributed by atoms with Crippen molar-refractivity contribution in [2.24, 2.45) is 11.8 Å². The van der Waals surface area contributed by atoms with Crippen LogP contribution in [0.2, 0.25) is 0 Å². The molecule has 0 N–H and O–H groups in total. The number of fused-ring (bicyclic) bond motifs is 6. The minimum atomic E-state index is -0.188. The van der Waals surface area contributed by atoms with Gasteiger partial charge in [-0.05, 0) is 106 Å². The van der Waals surface area contributed by atoms with Gasteiger partial charge in [0, 0.05) is 23.5 Å². The van der Waals surface area contributed by atoms with E-state index in [-0.39, 0.29) is 16.4 Å². The molecular formula is C44H52N+. The summed E-state index contributed by atoms with van der Waals surface area (Å²) in [5.41, 5.74) is 12.6. The Morgan fingerprint density at radius 3 is 2.20 bits per heavy atom. The lowest BCUT2D eigenvalue weighted by Crippen LogP contribution is -2.55. The molecule has 4 aliphatic rings. The van der Waals surface area contributed by atoms with Crippen LogP contribution in [0.5, 0.6) is 0 Å². The minimum Gasteiger partial charge on any atom is -0.184 e. The maximum Gasteiger partial charge on any atom is 0.222 e. The monoisotopic (exact) mass is 594 g/mol. The molecule has 1 nitrogen and oxygen atoms in total. The van der Waals surface area contributed by atoms with E-state index in [1.54, 1.807) is 38.8 Å². The van der Waals surface area contributed by atoms with E-state index in [1.165, 1.54) is 78.8 Å². The van der Waals surface area contributed by atoms with Crippen LogP contribution in [-0.4, -0.2) is 0 Å². The van der Waals surface area contributed by atoms with Crippen molar-refractivity contribution in [2.45, 2.75) is 123 Å². The lowest BCUT2D eigenvalue weighted by molar-refractivity contribution is -0.726. The molecule has 0 saturated heterocycles. The van der Waals surface area contributed by atoms with Gasteiger partial charge in [-0.2, -0.15) is 4.57 Å². The van der Waals surface area contributed by atoms with E-state index < -0.39 is 0 Å². The van der Waals surface area contributed by atoms with Crippen LogP contribution in [0.3, 0.4) is 0 Å². The topological polar surface area (TPSA) is 3.88 Å². The van der Waals surface area contributed by atoms with Crippen LogP contribution in [0.15, 0.2) is 78.0 Å². The fourth-order valence-electron chi connectivity index (χ4n) is 10.3. The van der Waals surface area contributed by atoms with Gasteiger partial charge >= 0.3 is 0 Å². The van der Waals surface area contributed by atoms with Crippen LogP contribution in [0.4, 0.5) is 0 Å². The molecule has 0 amide bonds. The third kappa shape index (κ3) is 3.88. The van der Waals surface area contributed by atoms with Gasteiger partial charge < -0.3 is 0 Å². The van der Waals surface area contributed by atoms with Crippen molar-refractivity contribution in [3.63, 3.8) is 0 Å². The van der Waals surface area contributed by atoms with Gasteiger partial charge in [0.15, 0.2) is 6.20 Å². The Morgan fingerprint density at radius 2 is 1.51 bits per heavy atom. The molecule has 8 rings (SSSR count). The normalized spacial score (nSPS) is 21.2.